The number of hydrogen-bond donors (Lipinski definition) is 0. The van der Waals surface area contributed by atoms with Gasteiger partial charge in [-0.25, -0.2) is 9.37 Å². The summed E-state index contributed by atoms with van der Waals surface area (Å²) in [6, 6.07) is 10.0. The quantitative estimate of drug-likeness (QED) is 0.787. The van der Waals surface area contributed by atoms with E-state index in [1.807, 2.05) is 25.1 Å². The van der Waals surface area contributed by atoms with E-state index in [1.54, 1.807) is 34.1 Å². The Bertz CT molecular complexity index is 775. The first kappa shape index (κ1) is 17.5. The monoisotopic (exact) mass is 362 g/mol. The predicted molar refractivity (Wildman–Crippen MR) is 98.1 cm³/mol. The lowest BCUT2D eigenvalue weighted by Gasteiger charge is -2.36. The number of halogens is 2. The first-order valence-electron chi connectivity index (χ1n) is 8.09. The standard InChI is InChI=1S/C18H20ClFN4O/c1-22(2)17-12-13(11-16(19)21-17)18(25)24-9-7-23(8-10-24)15-6-4-3-5-14(15)20/h3-6,11-12H,7-10H2,1-2H3. The fourth-order valence-electron chi connectivity index (χ4n) is 2.88. The molecule has 2 heterocycles. The Kier molecular flexibility index (Phi) is 5.08. The summed E-state index contributed by atoms with van der Waals surface area (Å²) in [7, 11) is 3.69. The van der Waals surface area contributed by atoms with Crippen LogP contribution in [0.3, 0.4) is 0 Å². The molecule has 1 aliphatic heterocycles. The lowest BCUT2D eigenvalue weighted by molar-refractivity contribution is 0.0746. The van der Waals surface area contributed by atoms with E-state index in [4.69, 9.17) is 11.6 Å². The van der Waals surface area contributed by atoms with Gasteiger partial charge < -0.3 is 14.7 Å². The van der Waals surface area contributed by atoms with Gasteiger partial charge in [0.25, 0.3) is 5.91 Å². The summed E-state index contributed by atoms with van der Waals surface area (Å²) in [5.74, 6) is 0.320. The lowest BCUT2D eigenvalue weighted by atomic mass is 10.2. The van der Waals surface area contributed by atoms with Crippen LogP contribution < -0.4 is 9.80 Å². The smallest absolute Gasteiger partial charge is 0.254 e. The summed E-state index contributed by atoms with van der Waals surface area (Å²) in [6.45, 7) is 2.24. The number of aromatic nitrogens is 1. The van der Waals surface area contributed by atoms with E-state index in [9.17, 15) is 9.18 Å². The number of piperazine rings is 1. The molecule has 5 nitrogen and oxygen atoms in total. The van der Waals surface area contributed by atoms with Crippen LogP contribution in [-0.2, 0) is 0 Å². The summed E-state index contributed by atoms with van der Waals surface area (Å²) in [5.41, 5.74) is 1.10. The summed E-state index contributed by atoms with van der Waals surface area (Å²) in [6.07, 6.45) is 0. The van der Waals surface area contributed by atoms with Gasteiger partial charge in [0.05, 0.1) is 5.69 Å². The van der Waals surface area contributed by atoms with Crippen molar-refractivity contribution in [3.8, 4) is 0 Å². The number of rotatable bonds is 3. The molecule has 3 rings (SSSR count). The third-order valence-corrected chi connectivity index (χ3v) is 4.44. The number of amides is 1. The predicted octanol–water partition coefficient (Wildman–Crippen LogP) is 2.90. The third-order valence-electron chi connectivity index (χ3n) is 4.25. The Morgan fingerprint density at radius 2 is 1.84 bits per heavy atom. The van der Waals surface area contributed by atoms with E-state index in [1.165, 1.54) is 6.07 Å². The molecule has 1 fully saturated rings. The number of anilines is 2. The van der Waals surface area contributed by atoms with Crippen molar-refractivity contribution in [2.75, 3.05) is 50.1 Å². The number of hydrogen-bond acceptors (Lipinski definition) is 4. The van der Waals surface area contributed by atoms with Crippen molar-refractivity contribution in [1.82, 2.24) is 9.88 Å². The van der Waals surface area contributed by atoms with Gasteiger partial charge in [0.1, 0.15) is 16.8 Å². The highest BCUT2D eigenvalue weighted by molar-refractivity contribution is 6.29. The molecule has 0 atom stereocenters. The first-order valence-corrected chi connectivity index (χ1v) is 8.47. The molecule has 132 valence electrons. The first-order chi connectivity index (χ1) is 12.0. The molecule has 1 saturated heterocycles. The molecule has 0 bridgehead atoms. The molecule has 2 aromatic rings. The molecule has 25 heavy (non-hydrogen) atoms. The van der Waals surface area contributed by atoms with E-state index in [0.29, 0.717) is 48.4 Å². The SMILES string of the molecule is CN(C)c1cc(C(=O)N2CCN(c3ccccc3F)CC2)cc(Cl)n1. The van der Waals surface area contributed by atoms with Crippen LogP contribution in [0.2, 0.25) is 5.15 Å². The topological polar surface area (TPSA) is 39.7 Å². The molecule has 0 saturated carbocycles. The van der Waals surface area contributed by atoms with E-state index in [2.05, 4.69) is 4.98 Å². The van der Waals surface area contributed by atoms with Gasteiger partial charge in [-0.2, -0.15) is 0 Å². The molecule has 1 aromatic carbocycles. The van der Waals surface area contributed by atoms with Gasteiger partial charge in [0, 0.05) is 45.8 Å². The zero-order chi connectivity index (χ0) is 18.0. The third kappa shape index (κ3) is 3.85. The molecule has 0 spiro atoms. The Labute approximate surface area is 151 Å². The summed E-state index contributed by atoms with van der Waals surface area (Å²) in [4.78, 5) is 22.5. The van der Waals surface area contributed by atoms with Crippen LogP contribution in [-0.4, -0.2) is 56.1 Å². The average molecular weight is 363 g/mol. The van der Waals surface area contributed by atoms with Crippen LogP contribution >= 0.6 is 11.6 Å². The maximum atomic E-state index is 13.9. The van der Waals surface area contributed by atoms with E-state index in [-0.39, 0.29) is 11.7 Å². The van der Waals surface area contributed by atoms with Crippen molar-refractivity contribution < 1.29 is 9.18 Å². The van der Waals surface area contributed by atoms with E-state index >= 15 is 0 Å². The average Bonchev–Trinajstić information content (AvgIpc) is 2.61. The van der Waals surface area contributed by atoms with Crippen LogP contribution in [0.5, 0.6) is 0 Å². The Morgan fingerprint density at radius 1 is 1.16 bits per heavy atom. The van der Waals surface area contributed by atoms with Crippen LogP contribution in [0, 0.1) is 5.82 Å². The fraction of sp³-hybridized carbons (Fsp3) is 0.333. The van der Waals surface area contributed by atoms with Crippen molar-refractivity contribution in [2.45, 2.75) is 0 Å². The van der Waals surface area contributed by atoms with E-state index in [0.717, 1.165) is 0 Å². The zero-order valence-corrected chi connectivity index (χ0v) is 15.0. The van der Waals surface area contributed by atoms with Crippen molar-refractivity contribution in [3.05, 3.63) is 52.9 Å². The number of carbonyl (C=O) groups excluding carboxylic acids is 1. The van der Waals surface area contributed by atoms with Crippen molar-refractivity contribution in [2.24, 2.45) is 0 Å². The molecule has 1 aliphatic rings. The molecule has 1 amide bonds. The molecule has 0 aliphatic carbocycles. The Balaban J connectivity index is 1.71. The number of nitrogens with zero attached hydrogens (tertiary/aromatic N) is 4. The van der Waals surface area contributed by atoms with Crippen LogP contribution in [0.15, 0.2) is 36.4 Å². The van der Waals surface area contributed by atoms with E-state index < -0.39 is 0 Å². The van der Waals surface area contributed by atoms with Gasteiger partial charge in [0.15, 0.2) is 0 Å². The minimum atomic E-state index is -0.237. The zero-order valence-electron chi connectivity index (χ0n) is 14.2. The molecular formula is C18H20ClFN4O. The summed E-state index contributed by atoms with van der Waals surface area (Å²) < 4.78 is 13.9. The normalized spacial score (nSPS) is 14.6. The molecule has 0 radical (unpaired) electrons. The molecule has 0 N–H and O–H groups in total. The summed E-state index contributed by atoms with van der Waals surface area (Å²) >= 11 is 6.04. The van der Waals surface area contributed by atoms with Crippen LogP contribution in [0.4, 0.5) is 15.9 Å². The maximum absolute atomic E-state index is 13.9. The largest absolute Gasteiger partial charge is 0.366 e. The van der Waals surface area contributed by atoms with Crippen molar-refractivity contribution in [1.29, 1.82) is 0 Å². The number of benzene rings is 1. The Morgan fingerprint density at radius 3 is 2.48 bits per heavy atom. The summed E-state index contributed by atoms with van der Waals surface area (Å²) in [5, 5.41) is 0.291. The van der Waals surface area contributed by atoms with Crippen LogP contribution in [0.25, 0.3) is 0 Å². The number of para-hydroxylation sites is 1. The van der Waals surface area contributed by atoms with Crippen LogP contribution in [0.1, 0.15) is 10.4 Å². The van der Waals surface area contributed by atoms with Gasteiger partial charge in [-0.15, -0.1) is 0 Å². The van der Waals surface area contributed by atoms with Gasteiger partial charge in [-0.05, 0) is 24.3 Å². The van der Waals surface area contributed by atoms with Gasteiger partial charge in [-0.3, -0.25) is 4.79 Å². The van der Waals surface area contributed by atoms with Gasteiger partial charge in [0.2, 0.25) is 0 Å². The molecule has 7 heteroatoms. The lowest BCUT2D eigenvalue weighted by Crippen LogP contribution is -2.49. The second kappa shape index (κ2) is 7.27. The van der Waals surface area contributed by atoms with Gasteiger partial charge in [-0.1, -0.05) is 23.7 Å². The molecule has 0 unspecified atom stereocenters. The van der Waals surface area contributed by atoms with Crippen molar-refractivity contribution in [3.63, 3.8) is 0 Å². The van der Waals surface area contributed by atoms with Crippen molar-refractivity contribution >= 4 is 29.0 Å². The second-order valence-corrected chi connectivity index (χ2v) is 6.55. The minimum absolute atomic E-state index is 0.0828. The fourth-order valence-corrected chi connectivity index (χ4v) is 3.08. The number of carbonyl (C=O) groups is 1. The Hall–Kier alpha value is -2.34. The highest BCUT2D eigenvalue weighted by atomic mass is 35.5. The second-order valence-electron chi connectivity index (χ2n) is 6.16. The van der Waals surface area contributed by atoms with Gasteiger partial charge >= 0.3 is 0 Å². The minimum Gasteiger partial charge on any atom is -0.366 e. The maximum Gasteiger partial charge on any atom is 0.254 e. The highest BCUT2D eigenvalue weighted by Crippen LogP contribution is 2.22. The number of pyridine rings is 1. The highest BCUT2D eigenvalue weighted by Gasteiger charge is 2.24. The molecular weight excluding hydrogens is 343 g/mol. The molecule has 1 aromatic heterocycles.